The second-order valence-corrected chi connectivity index (χ2v) is 8.92. The van der Waals surface area contributed by atoms with Gasteiger partial charge in [0.15, 0.2) is 0 Å². The van der Waals surface area contributed by atoms with E-state index in [0.717, 1.165) is 29.1 Å². The molecule has 34 heavy (non-hydrogen) atoms. The van der Waals surface area contributed by atoms with Gasteiger partial charge in [0.1, 0.15) is 11.6 Å². The predicted octanol–water partition coefficient (Wildman–Crippen LogP) is 4.26. The number of benzene rings is 2. The minimum atomic E-state index is -0.270. The molecule has 2 bridgehead atoms. The Labute approximate surface area is 197 Å². The third-order valence-corrected chi connectivity index (χ3v) is 6.61. The quantitative estimate of drug-likeness (QED) is 0.594. The van der Waals surface area contributed by atoms with Gasteiger partial charge < -0.3 is 24.8 Å². The number of amides is 2. The van der Waals surface area contributed by atoms with Gasteiger partial charge in [-0.2, -0.15) is 0 Å². The van der Waals surface area contributed by atoms with E-state index in [9.17, 15) is 14.0 Å². The fourth-order valence-corrected chi connectivity index (χ4v) is 5.01. The number of anilines is 2. The van der Waals surface area contributed by atoms with Gasteiger partial charge in [-0.3, -0.25) is 4.79 Å². The number of nitrogens with zero attached hydrogens (tertiary/aromatic N) is 2. The zero-order chi connectivity index (χ0) is 23.7. The predicted molar refractivity (Wildman–Crippen MR) is 129 cm³/mol. The van der Waals surface area contributed by atoms with Crippen LogP contribution in [0.15, 0.2) is 65.5 Å². The molecule has 0 saturated carbocycles. The van der Waals surface area contributed by atoms with Crippen molar-refractivity contribution in [3.05, 3.63) is 88.1 Å². The van der Waals surface area contributed by atoms with Gasteiger partial charge in [-0.25, -0.2) is 9.18 Å². The monoisotopic (exact) mass is 462 g/mol. The van der Waals surface area contributed by atoms with E-state index in [1.165, 1.54) is 12.1 Å². The average Bonchev–Trinajstić information content (AvgIpc) is 2.85. The Bertz CT molecular complexity index is 1240. The molecule has 2 aliphatic rings. The number of hydrogen-bond acceptors (Lipinski definition) is 4. The highest BCUT2D eigenvalue weighted by molar-refractivity contribution is 5.89. The van der Waals surface area contributed by atoms with Crippen LogP contribution in [0.1, 0.15) is 23.6 Å². The van der Waals surface area contributed by atoms with E-state index in [1.54, 1.807) is 25.3 Å². The number of likely N-dealkylation sites (tertiary alicyclic amines) is 1. The van der Waals surface area contributed by atoms with Crippen molar-refractivity contribution >= 4 is 17.4 Å². The Morgan fingerprint density at radius 3 is 2.53 bits per heavy atom. The summed E-state index contributed by atoms with van der Waals surface area (Å²) >= 11 is 0. The summed E-state index contributed by atoms with van der Waals surface area (Å²) in [4.78, 5) is 27.5. The van der Waals surface area contributed by atoms with Crippen LogP contribution in [-0.2, 0) is 13.1 Å². The van der Waals surface area contributed by atoms with Crippen LogP contribution in [-0.4, -0.2) is 35.7 Å². The van der Waals surface area contributed by atoms with Crippen LogP contribution in [0.5, 0.6) is 5.75 Å². The van der Waals surface area contributed by atoms with E-state index in [4.69, 9.17) is 4.74 Å². The van der Waals surface area contributed by atoms with E-state index in [-0.39, 0.29) is 29.2 Å². The number of methoxy groups -OCH3 is 1. The molecule has 8 heteroatoms. The molecule has 2 atom stereocenters. The number of carbonyl (C=O) groups is 1. The number of ether oxygens (including phenoxy) is 1. The smallest absolute Gasteiger partial charge is 0.321 e. The van der Waals surface area contributed by atoms with Crippen molar-refractivity contribution in [1.82, 2.24) is 9.47 Å². The Hall–Kier alpha value is -3.81. The van der Waals surface area contributed by atoms with Gasteiger partial charge in [-0.05, 0) is 60.4 Å². The van der Waals surface area contributed by atoms with Crippen molar-refractivity contribution in [3.8, 4) is 5.75 Å². The molecule has 1 aromatic heterocycles. The van der Waals surface area contributed by atoms with Crippen LogP contribution >= 0.6 is 0 Å². The van der Waals surface area contributed by atoms with Crippen LogP contribution in [0.4, 0.5) is 20.6 Å². The lowest BCUT2D eigenvalue weighted by Gasteiger charge is -2.43. The molecule has 1 fully saturated rings. The molecular weight excluding hydrogens is 435 g/mol. The molecule has 3 heterocycles. The van der Waals surface area contributed by atoms with Gasteiger partial charge in [0.2, 0.25) is 0 Å². The minimum absolute atomic E-state index is 0.0202. The largest absolute Gasteiger partial charge is 0.497 e. The summed E-state index contributed by atoms with van der Waals surface area (Å²) in [6, 6.07) is 16.9. The standard InChI is InChI=1S/C26H27FN4O3/c1-34-22-8-6-21(7-9-22)29-26(33)30-14-18-12-19(16-30)25-23(10-11-24(32)31(25)15-18)28-13-17-2-4-20(27)5-3-17/h2-11,18-19,28H,12-16H2,1H3,(H,29,33). The summed E-state index contributed by atoms with van der Waals surface area (Å²) in [7, 11) is 1.60. The van der Waals surface area contributed by atoms with Crippen LogP contribution in [0.25, 0.3) is 0 Å². The van der Waals surface area contributed by atoms with Gasteiger partial charge >= 0.3 is 6.03 Å². The summed E-state index contributed by atoms with van der Waals surface area (Å²) in [5, 5.41) is 6.39. The molecule has 5 rings (SSSR count). The van der Waals surface area contributed by atoms with Gasteiger partial charge in [-0.1, -0.05) is 12.1 Å². The molecule has 2 unspecified atom stereocenters. The first-order valence-corrected chi connectivity index (χ1v) is 11.4. The lowest BCUT2D eigenvalue weighted by Crippen LogP contribution is -2.50. The lowest BCUT2D eigenvalue weighted by molar-refractivity contribution is 0.140. The van der Waals surface area contributed by atoms with E-state index in [0.29, 0.717) is 31.9 Å². The fourth-order valence-electron chi connectivity index (χ4n) is 5.01. The highest BCUT2D eigenvalue weighted by Crippen LogP contribution is 2.38. The highest BCUT2D eigenvalue weighted by atomic mass is 19.1. The summed E-state index contributed by atoms with van der Waals surface area (Å²) in [5.41, 5.74) is 3.45. The SMILES string of the molecule is COc1ccc(NC(=O)N2CC3CC(C2)c2c(NCc4ccc(F)cc4)ccc(=O)n2C3)cc1. The molecule has 0 spiro atoms. The maximum absolute atomic E-state index is 13.2. The number of fused-ring (bicyclic) bond motifs is 4. The number of rotatable bonds is 5. The average molecular weight is 463 g/mol. The molecule has 2 N–H and O–H groups in total. The van der Waals surface area contributed by atoms with Crippen molar-refractivity contribution in [2.75, 3.05) is 30.8 Å². The number of urea groups is 1. The maximum Gasteiger partial charge on any atom is 0.321 e. The number of aromatic nitrogens is 1. The highest BCUT2D eigenvalue weighted by Gasteiger charge is 2.37. The van der Waals surface area contributed by atoms with Crippen molar-refractivity contribution in [3.63, 3.8) is 0 Å². The lowest BCUT2D eigenvalue weighted by atomic mass is 9.82. The molecule has 176 valence electrons. The van der Waals surface area contributed by atoms with Crippen LogP contribution in [0.3, 0.4) is 0 Å². The minimum Gasteiger partial charge on any atom is -0.497 e. The number of halogens is 1. The molecule has 2 aromatic carbocycles. The Morgan fingerprint density at radius 1 is 1.03 bits per heavy atom. The van der Waals surface area contributed by atoms with E-state index < -0.39 is 0 Å². The Kier molecular flexibility index (Phi) is 5.96. The number of nitrogens with one attached hydrogen (secondary N) is 2. The first-order chi connectivity index (χ1) is 16.5. The molecule has 0 aliphatic carbocycles. The number of piperidine rings is 1. The van der Waals surface area contributed by atoms with Crippen molar-refractivity contribution in [2.45, 2.75) is 25.4 Å². The van der Waals surface area contributed by atoms with Crippen LogP contribution in [0, 0.1) is 11.7 Å². The summed E-state index contributed by atoms with van der Waals surface area (Å²) in [6.07, 6.45) is 0.932. The first-order valence-electron chi connectivity index (χ1n) is 11.4. The van der Waals surface area contributed by atoms with Crippen LogP contribution in [0.2, 0.25) is 0 Å². The van der Waals surface area contributed by atoms with Gasteiger partial charge in [-0.15, -0.1) is 0 Å². The zero-order valence-electron chi connectivity index (χ0n) is 19.0. The molecule has 7 nitrogen and oxygen atoms in total. The maximum atomic E-state index is 13.2. The van der Waals surface area contributed by atoms with Crippen molar-refractivity contribution in [1.29, 1.82) is 0 Å². The third kappa shape index (κ3) is 4.48. The number of pyridine rings is 1. The van der Waals surface area contributed by atoms with Crippen molar-refractivity contribution in [2.24, 2.45) is 5.92 Å². The second-order valence-electron chi connectivity index (χ2n) is 8.92. The van der Waals surface area contributed by atoms with Gasteiger partial charge in [0.05, 0.1) is 12.8 Å². The normalized spacial score (nSPS) is 18.7. The molecule has 0 radical (unpaired) electrons. The fraction of sp³-hybridized carbons (Fsp3) is 0.308. The van der Waals surface area contributed by atoms with Crippen LogP contribution < -0.4 is 20.9 Å². The first kappa shape index (κ1) is 22.0. The molecular formula is C26H27FN4O3. The molecule has 2 amide bonds. The van der Waals surface area contributed by atoms with E-state index in [2.05, 4.69) is 10.6 Å². The summed E-state index contributed by atoms with van der Waals surface area (Å²) in [5.74, 6) is 0.735. The zero-order valence-corrected chi connectivity index (χ0v) is 19.0. The number of hydrogen-bond donors (Lipinski definition) is 2. The topological polar surface area (TPSA) is 75.6 Å². The molecule has 3 aromatic rings. The molecule has 2 aliphatic heterocycles. The third-order valence-electron chi connectivity index (χ3n) is 6.61. The van der Waals surface area contributed by atoms with E-state index in [1.807, 2.05) is 39.8 Å². The number of carbonyl (C=O) groups excluding carboxylic acids is 1. The Morgan fingerprint density at radius 2 is 1.79 bits per heavy atom. The molecule has 1 saturated heterocycles. The van der Waals surface area contributed by atoms with Crippen molar-refractivity contribution < 1.29 is 13.9 Å². The van der Waals surface area contributed by atoms with E-state index >= 15 is 0 Å². The Balaban J connectivity index is 1.34. The van der Waals surface area contributed by atoms with Gasteiger partial charge in [0.25, 0.3) is 5.56 Å². The summed E-state index contributed by atoms with van der Waals surface area (Å²) < 4.78 is 20.3. The second kappa shape index (κ2) is 9.21. The van der Waals surface area contributed by atoms with Gasteiger partial charge in [0, 0.05) is 49.5 Å². The summed E-state index contributed by atoms with van der Waals surface area (Å²) in [6.45, 7) is 2.25.